The Morgan fingerprint density at radius 2 is 1.62 bits per heavy atom. The molecular weight excluding hydrogens is 324 g/mol. The number of carbonyl (C=O) groups excluding carboxylic acids is 1. The molecule has 3 aromatic carbocycles. The van der Waals surface area contributed by atoms with Crippen LogP contribution < -0.4 is 10.0 Å². The zero-order chi connectivity index (χ0) is 17.2. The van der Waals surface area contributed by atoms with E-state index in [9.17, 15) is 13.2 Å². The molecule has 0 bridgehead atoms. The highest BCUT2D eigenvalue weighted by atomic mass is 32.2. The van der Waals surface area contributed by atoms with Crippen LogP contribution in [0.2, 0.25) is 0 Å². The number of nitrogens with one attached hydrogen (secondary N) is 2. The van der Waals surface area contributed by atoms with Crippen molar-refractivity contribution in [3.8, 4) is 0 Å². The van der Waals surface area contributed by atoms with Crippen LogP contribution in [0, 0.1) is 0 Å². The molecule has 0 saturated heterocycles. The number of rotatable bonds is 4. The lowest BCUT2D eigenvalue weighted by molar-refractivity contribution is 0.102. The minimum Gasteiger partial charge on any atom is -0.322 e. The van der Waals surface area contributed by atoms with Gasteiger partial charge in [0, 0.05) is 11.3 Å². The first kappa shape index (κ1) is 16.2. The van der Waals surface area contributed by atoms with Crippen LogP contribution in [0.15, 0.2) is 71.6 Å². The molecule has 0 saturated carbocycles. The van der Waals surface area contributed by atoms with Crippen LogP contribution in [0.25, 0.3) is 10.8 Å². The lowest BCUT2D eigenvalue weighted by atomic mass is 10.1. The Kier molecular flexibility index (Phi) is 4.33. The molecule has 0 aliphatic heterocycles. The van der Waals surface area contributed by atoms with E-state index in [0.29, 0.717) is 5.69 Å². The molecule has 0 spiro atoms. The first-order chi connectivity index (χ1) is 11.5. The molecule has 0 unspecified atom stereocenters. The number of sulfonamides is 1. The fourth-order valence-corrected chi connectivity index (χ4v) is 3.17. The summed E-state index contributed by atoms with van der Waals surface area (Å²) < 4.78 is 25.9. The van der Waals surface area contributed by atoms with Crippen LogP contribution in [-0.2, 0) is 10.0 Å². The second-order valence-corrected chi connectivity index (χ2v) is 7.14. The molecule has 122 valence electrons. The van der Waals surface area contributed by atoms with Gasteiger partial charge in [-0.2, -0.15) is 0 Å². The monoisotopic (exact) mass is 340 g/mol. The van der Waals surface area contributed by atoms with Gasteiger partial charge < -0.3 is 5.32 Å². The van der Waals surface area contributed by atoms with Crippen LogP contribution in [-0.4, -0.2) is 21.4 Å². The molecular formula is C18H16N2O3S. The summed E-state index contributed by atoms with van der Waals surface area (Å²) >= 11 is 0. The van der Waals surface area contributed by atoms with Crippen molar-refractivity contribution in [1.82, 2.24) is 4.72 Å². The number of amides is 1. The molecule has 24 heavy (non-hydrogen) atoms. The van der Waals surface area contributed by atoms with Crippen LogP contribution in [0.4, 0.5) is 5.69 Å². The molecule has 1 amide bonds. The second-order valence-electron chi connectivity index (χ2n) is 5.25. The Bertz CT molecular complexity index is 1010. The average molecular weight is 340 g/mol. The summed E-state index contributed by atoms with van der Waals surface area (Å²) in [7, 11) is -2.26. The number of anilines is 1. The molecule has 5 nitrogen and oxygen atoms in total. The Hall–Kier alpha value is -2.70. The van der Waals surface area contributed by atoms with E-state index in [4.69, 9.17) is 0 Å². The van der Waals surface area contributed by atoms with Gasteiger partial charge in [-0.1, -0.05) is 36.4 Å². The van der Waals surface area contributed by atoms with E-state index in [0.717, 1.165) is 10.8 Å². The average Bonchev–Trinajstić information content (AvgIpc) is 2.61. The second kappa shape index (κ2) is 6.43. The van der Waals surface area contributed by atoms with E-state index in [-0.39, 0.29) is 16.4 Å². The smallest absolute Gasteiger partial charge is 0.255 e. The molecule has 0 aromatic heterocycles. The zero-order valence-electron chi connectivity index (χ0n) is 13.0. The van der Waals surface area contributed by atoms with E-state index in [1.165, 1.54) is 19.2 Å². The van der Waals surface area contributed by atoms with Crippen molar-refractivity contribution in [3.05, 3.63) is 72.3 Å². The fourth-order valence-electron chi connectivity index (χ4n) is 2.39. The largest absolute Gasteiger partial charge is 0.322 e. The Balaban J connectivity index is 1.87. The van der Waals surface area contributed by atoms with Gasteiger partial charge in [0.25, 0.3) is 5.91 Å². The quantitative estimate of drug-likeness (QED) is 0.767. The molecule has 3 rings (SSSR count). The first-order valence-electron chi connectivity index (χ1n) is 7.33. The van der Waals surface area contributed by atoms with Crippen LogP contribution in [0.5, 0.6) is 0 Å². The summed E-state index contributed by atoms with van der Waals surface area (Å²) in [4.78, 5) is 12.4. The Morgan fingerprint density at radius 1 is 0.875 bits per heavy atom. The van der Waals surface area contributed by atoms with E-state index in [2.05, 4.69) is 10.0 Å². The molecule has 0 heterocycles. The fraction of sp³-hybridized carbons (Fsp3) is 0.0556. The van der Waals surface area contributed by atoms with Crippen molar-refractivity contribution >= 4 is 32.4 Å². The van der Waals surface area contributed by atoms with Gasteiger partial charge in [0.1, 0.15) is 0 Å². The van der Waals surface area contributed by atoms with Gasteiger partial charge in [0.15, 0.2) is 0 Å². The standard InChI is InChI=1S/C18H16N2O3S/c1-19-24(22,23)17-8-4-7-15(12-17)18(21)20-16-10-9-13-5-2-3-6-14(13)11-16/h2-12,19H,1H3,(H,20,21). The van der Waals surface area contributed by atoms with Crippen LogP contribution >= 0.6 is 0 Å². The van der Waals surface area contributed by atoms with Gasteiger partial charge in [-0.15, -0.1) is 0 Å². The van der Waals surface area contributed by atoms with Crippen LogP contribution in [0.1, 0.15) is 10.4 Å². The minimum atomic E-state index is -3.59. The third-order valence-electron chi connectivity index (χ3n) is 3.68. The predicted molar refractivity (Wildman–Crippen MR) is 94.6 cm³/mol. The summed E-state index contributed by atoms with van der Waals surface area (Å²) in [6, 6.07) is 19.4. The van der Waals surface area contributed by atoms with E-state index in [1.54, 1.807) is 12.1 Å². The highest BCUT2D eigenvalue weighted by Crippen LogP contribution is 2.20. The Labute approximate surface area is 140 Å². The Morgan fingerprint density at radius 3 is 2.38 bits per heavy atom. The number of hydrogen-bond donors (Lipinski definition) is 2. The van der Waals surface area contributed by atoms with Crippen molar-refractivity contribution in [2.75, 3.05) is 12.4 Å². The molecule has 0 atom stereocenters. The topological polar surface area (TPSA) is 75.3 Å². The SMILES string of the molecule is CNS(=O)(=O)c1cccc(C(=O)Nc2ccc3ccccc3c2)c1. The van der Waals surface area contributed by atoms with Gasteiger partial charge in [-0.25, -0.2) is 13.1 Å². The summed E-state index contributed by atoms with van der Waals surface area (Å²) in [5.74, 6) is -0.363. The zero-order valence-corrected chi connectivity index (χ0v) is 13.8. The highest BCUT2D eigenvalue weighted by Gasteiger charge is 2.14. The maximum absolute atomic E-state index is 12.4. The number of hydrogen-bond acceptors (Lipinski definition) is 3. The summed E-state index contributed by atoms with van der Waals surface area (Å²) in [5, 5.41) is 4.89. The van der Waals surface area contributed by atoms with E-state index in [1.807, 2.05) is 42.5 Å². The molecule has 3 aromatic rings. The van der Waals surface area contributed by atoms with Gasteiger partial charge in [0.2, 0.25) is 10.0 Å². The highest BCUT2D eigenvalue weighted by molar-refractivity contribution is 7.89. The summed E-state index contributed by atoms with van der Waals surface area (Å²) in [6.07, 6.45) is 0. The normalized spacial score (nSPS) is 11.4. The number of carbonyl (C=O) groups is 1. The van der Waals surface area contributed by atoms with Gasteiger partial charge in [0.05, 0.1) is 4.90 Å². The maximum Gasteiger partial charge on any atom is 0.255 e. The third-order valence-corrected chi connectivity index (χ3v) is 5.09. The van der Waals surface area contributed by atoms with Gasteiger partial charge in [-0.3, -0.25) is 4.79 Å². The number of benzene rings is 3. The third kappa shape index (κ3) is 3.29. The van der Waals surface area contributed by atoms with E-state index >= 15 is 0 Å². The first-order valence-corrected chi connectivity index (χ1v) is 8.82. The minimum absolute atomic E-state index is 0.0520. The summed E-state index contributed by atoms with van der Waals surface area (Å²) in [6.45, 7) is 0. The number of fused-ring (bicyclic) bond motifs is 1. The van der Waals surface area contributed by atoms with Gasteiger partial charge >= 0.3 is 0 Å². The van der Waals surface area contributed by atoms with Crippen molar-refractivity contribution < 1.29 is 13.2 Å². The summed E-state index contributed by atoms with van der Waals surface area (Å²) in [5.41, 5.74) is 0.931. The molecule has 0 fully saturated rings. The molecule has 0 aliphatic carbocycles. The lowest BCUT2D eigenvalue weighted by Crippen LogP contribution is -2.19. The van der Waals surface area contributed by atoms with Crippen molar-refractivity contribution in [2.45, 2.75) is 4.90 Å². The van der Waals surface area contributed by atoms with Crippen molar-refractivity contribution in [2.24, 2.45) is 0 Å². The van der Waals surface area contributed by atoms with Crippen molar-refractivity contribution in [1.29, 1.82) is 0 Å². The van der Waals surface area contributed by atoms with Crippen LogP contribution in [0.3, 0.4) is 0 Å². The molecule has 0 aliphatic rings. The molecule has 2 N–H and O–H groups in total. The van der Waals surface area contributed by atoms with Gasteiger partial charge in [-0.05, 0) is 48.2 Å². The predicted octanol–water partition coefficient (Wildman–Crippen LogP) is 3.00. The molecule has 0 radical (unpaired) electrons. The molecule has 6 heteroatoms. The maximum atomic E-state index is 12.4. The van der Waals surface area contributed by atoms with Crippen molar-refractivity contribution in [3.63, 3.8) is 0 Å². The lowest BCUT2D eigenvalue weighted by Gasteiger charge is -2.08. The van der Waals surface area contributed by atoms with E-state index < -0.39 is 10.0 Å².